The van der Waals surface area contributed by atoms with Gasteiger partial charge in [-0.1, -0.05) is 18.2 Å². The molecule has 0 saturated heterocycles. The average Bonchev–Trinajstić information content (AvgIpc) is 2.60. The van der Waals surface area contributed by atoms with Crippen molar-refractivity contribution in [1.82, 2.24) is 4.68 Å². The van der Waals surface area contributed by atoms with Crippen LogP contribution in [0.3, 0.4) is 0 Å². The standard InChI is InChI=1S/C10H10N2O2/c1-11(10(13)14)12-7-6-8-4-2-3-5-9(8)12/h2-7H,1H3,(H,13,14). The highest BCUT2D eigenvalue weighted by molar-refractivity contribution is 5.84. The van der Waals surface area contributed by atoms with E-state index in [0.717, 1.165) is 15.9 Å². The summed E-state index contributed by atoms with van der Waals surface area (Å²) in [6.45, 7) is 0. The van der Waals surface area contributed by atoms with E-state index in [9.17, 15) is 4.79 Å². The highest BCUT2D eigenvalue weighted by Gasteiger charge is 2.09. The van der Waals surface area contributed by atoms with Gasteiger partial charge in [0.05, 0.1) is 5.52 Å². The maximum Gasteiger partial charge on any atom is 0.426 e. The summed E-state index contributed by atoms with van der Waals surface area (Å²) in [6.07, 6.45) is 0.755. The van der Waals surface area contributed by atoms with Crippen LogP contribution in [-0.4, -0.2) is 22.9 Å². The molecule has 0 aliphatic carbocycles. The molecule has 0 unspecified atom stereocenters. The first kappa shape index (κ1) is 8.62. The van der Waals surface area contributed by atoms with Gasteiger partial charge in [-0.3, -0.25) is 4.68 Å². The third kappa shape index (κ3) is 1.21. The van der Waals surface area contributed by atoms with Crippen molar-refractivity contribution in [3.05, 3.63) is 36.5 Å². The van der Waals surface area contributed by atoms with Crippen LogP contribution in [0, 0.1) is 0 Å². The summed E-state index contributed by atoms with van der Waals surface area (Å²) in [7, 11) is 1.51. The van der Waals surface area contributed by atoms with Crippen LogP contribution in [0.2, 0.25) is 0 Å². The van der Waals surface area contributed by atoms with Gasteiger partial charge < -0.3 is 5.11 Å². The zero-order valence-corrected chi connectivity index (χ0v) is 7.71. The van der Waals surface area contributed by atoms with Gasteiger partial charge in [-0.15, -0.1) is 0 Å². The molecule has 72 valence electrons. The van der Waals surface area contributed by atoms with E-state index in [0.29, 0.717) is 0 Å². The third-order valence-electron chi connectivity index (χ3n) is 2.18. The fourth-order valence-corrected chi connectivity index (χ4v) is 1.42. The molecule has 0 atom stereocenters. The van der Waals surface area contributed by atoms with Crippen LogP contribution in [0.25, 0.3) is 10.9 Å². The number of rotatable bonds is 1. The van der Waals surface area contributed by atoms with Gasteiger partial charge in [-0.25, -0.2) is 9.80 Å². The van der Waals surface area contributed by atoms with Crippen molar-refractivity contribution in [3.8, 4) is 0 Å². The largest absolute Gasteiger partial charge is 0.464 e. The molecule has 0 fully saturated rings. The first-order valence-electron chi connectivity index (χ1n) is 4.23. The van der Waals surface area contributed by atoms with Crippen LogP contribution in [0.15, 0.2) is 36.5 Å². The molecule has 2 aromatic rings. The van der Waals surface area contributed by atoms with Crippen LogP contribution in [-0.2, 0) is 0 Å². The van der Waals surface area contributed by atoms with E-state index < -0.39 is 6.09 Å². The lowest BCUT2D eigenvalue weighted by Gasteiger charge is -2.15. The minimum atomic E-state index is -0.980. The Morgan fingerprint density at radius 2 is 2.07 bits per heavy atom. The number of nitrogens with zero attached hydrogens (tertiary/aromatic N) is 2. The van der Waals surface area contributed by atoms with Crippen molar-refractivity contribution >= 4 is 17.0 Å². The number of carboxylic acid groups (broad SMARTS) is 1. The maximum atomic E-state index is 10.7. The number of carbonyl (C=O) groups is 1. The fourth-order valence-electron chi connectivity index (χ4n) is 1.42. The monoisotopic (exact) mass is 190 g/mol. The molecule has 1 aromatic heterocycles. The van der Waals surface area contributed by atoms with E-state index >= 15 is 0 Å². The molecule has 1 heterocycles. The van der Waals surface area contributed by atoms with E-state index in [1.807, 2.05) is 30.3 Å². The minimum absolute atomic E-state index is 0.886. The Morgan fingerprint density at radius 1 is 1.36 bits per heavy atom. The highest BCUT2D eigenvalue weighted by Crippen LogP contribution is 2.14. The Bertz CT molecular complexity index is 476. The highest BCUT2D eigenvalue weighted by atomic mass is 16.4. The van der Waals surface area contributed by atoms with Crippen molar-refractivity contribution in [2.45, 2.75) is 0 Å². The van der Waals surface area contributed by atoms with Gasteiger partial charge in [0.15, 0.2) is 0 Å². The second kappa shape index (κ2) is 3.06. The van der Waals surface area contributed by atoms with Gasteiger partial charge in [-0.05, 0) is 12.1 Å². The smallest absolute Gasteiger partial charge is 0.426 e. The normalized spacial score (nSPS) is 10.4. The van der Waals surface area contributed by atoms with Gasteiger partial charge >= 0.3 is 6.09 Å². The van der Waals surface area contributed by atoms with Gasteiger partial charge in [0, 0.05) is 18.6 Å². The number of aromatic nitrogens is 1. The zero-order valence-electron chi connectivity index (χ0n) is 7.71. The lowest BCUT2D eigenvalue weighted by atomic mass is 10.3. The van der Waals surface area contributed by atoms with E-state index in [2.05, 4.69) is 0 Å². The van der Waals surface area contributed by atoms with Gasteiger partial charge in [0.25, 0.3) is 0 Å². The number of hydrogen-bond acceptors (Lipinski definition) is 1. The maximum absolute atomic E-state index is 10.7. The molecule has 4 heteroatoms. The van der Waals surface area contributed by atoms with Crippen molar-refractivity contribution in [2.75, 3.05) is 12.1 Å². The van der Waals surface area contributed by atoms with E-state index in [4.69, 9.17) is 5.11 Å². The van der Waals surface area contributed by atoms with Crippen LogP contribution < -0.4 is 5.01 Å². The van der Waals surface area contributed by atoms with Crippen LogP contribution >= 0.6 is 0 Å². The number of fused-ring (bicyclic) bond motifs is 1. The topological polar surface area (TPSA) is 45.5 Å². The van der Waals surface area contributed by atoms with Crippen molar-refractivity contribution in [1.29, 1.82) is 0 Å². The molecular formula is C10H10N2O2. The summed E-state index contributed by atoms with van der Waals surface area (Å²) < 4.78 is 1.59. The molecule has 0 spiro atoms. The second-order valence-electron chi connectivity index (χ2n) is 3.03. The molecule has 0 bridgehead atoms. The third-order valence-corrected chi connectivity index (χ3v) is 2.18. The first-order chi connectivity index (χ1) is 6.70. The molecule has 1 aromatic carbocycles. The predicted octanol–water partition coefficient (Wildman–Crippen LogP) is 1.89. The fraction of sp³-hybridized carbons (Fsp3) is 0.100. The van der Waals surface area contributed by atoms with Crippen LogP contribution in [0.5, 0.6) is 0 Å². The van der Waals surface area contributed by atoms with E-state index in [1.54, 1.807) is 10.9 Å². The summed E-state index contributed by atoms with van der Waals surface area (Å²) in [4.78, 5) is 10.7. The summed E-state index contributed by atoms with van der Waals surface area (Å²) in [5.74, 6) is 0. The molecule has 14 heavy (non-hydrogen) atoms. The second-order valence-corrected chi connectivity index (χ2v) is 3.03. The van der Waals surface area contributed by atoms with E-state index in [-0.39, 0.29) is 0 Å². The molecule has 4 nitrogen and oxygen atoms in total. The predicted molar refractivity (Wildman–Crippen MR) is 54.1 cm³/mol. The molecule has 1 amide bonds. The van der Waals surface area contributed by atoms with Crippen molar-refractivity contribution in [2.24, 2.45) is 0 Å². The Hall–Kier alpha value is -1.97. The van der Waals surface area contributed by atoms with E-state index in [1.165, 1.54) is 7.05 Å². The number of amides is 1. The summed E-state index contributed by atoms with van der Waals surface area (Å²) in [5.41, 5.74) is 0.886. The van der Waals surface area contributed by atoms with Crippen molar-refractivity contribution in [3.63, 3.8) is 0 Å². The molecular weight excluding hydrogens is 180 g/mol. The molecule has 0 saturated carbocycles. The Morgan fingerprint density at radius 3 is 2.79 bits per heavy atom. The van der Waals surface area contributed by atoms with Crippen molar-refractivity contribution < 1.29 is 9.90 Å². The lowest BCUT2D eigenvalue weighted by Crippen LogP contribution is -2.34. The average molecular weight is 190 g/mol. The molecule has 2 rings (SSSR count). The summed E-state index contributed by atoms with van der Waals surface area (Å²) in [5, 5.41) is 11.0. The molecule has 0 radical (unpaired) electrons. The Labute approximate surface area is 80.9 Å². The number of hydrogen-bond donors (Lipinski definition) is 1. The van der Waals surface area contributed by atoms with Gasteiger partial charge in [-0.2, -0.15) is 0 Å². The molecule has 1 N–H and O–H groups in total. The number of benzene rings is 1. The van der Waals surface area contributed by atoms with Gasteiger partial charge in [0.2, 0.25) is 0 Å². The molecule has 0 aliphatic heterocycles. The molecule has 0 aliphatic rings. The quantitative estimate of drug-likeness (QED) is 0.746. The van der Waals surface area contributed by atoms with Crippen LogP contribution in [0.4, 0.5) is 4.79 Å². The SMILES string of the molecule is CN(C(=O)O)n1ccc2ccccc21. The lowest BCUT2D eigenvalue weighted by molar-refractivity contribution is 0.197. The number of para-hydroxylation sites is 1. The first-order valence-corrected chi connectivity index (χ1v) is 4.23. The Kier molecular flexibility index (Phi) is 1.89. The Balaban J connectivity index is 2.58. The van der Waals surface area contributed by atoms with Gasteiger partial charge in [0.1, 0.15) is 0 Å². The van der Waals surface area contributed by atoms with Crippen LogP contribution in [0.1, 0.15) is 0 Å². The zero-order chi connectivity index (χ0) is 10.1. The summed E-state index contributed by atoms with van der Waals surface area (Å²) in [6, 6.07) is 9.52. The minimum Gasteiger partial charge on any atom is -0.464 e. The summed E-state index contributed by atoms with van der Waals surface area (Å²) >= 11 is 0.